The van der Waals surface area contributed by atoms with Gasteiger partial charge in [0.05, 0.1) is 5.54 Å². The van der Waals surface area contributed by atoms with Crippen LogP contribution in [0.4, 0.5) is 4.79 Å². The van der Waals surface area contributed by atoms with Gasteiger partial charge in [0, 0.05) is 11.5 Å². The van der Waals surface area contributed by atoms with Gasteiger partial charge in [0.1, 0.15) is 12.1 Å². The summed E-state index contributed by atoms with van der Waals surface area (Å²) >= 11 is 3.48. The number of carbonyl (C=O) groups is 2. The fraction of sp³-hybridized carbons (Fsp3) is 0.556. The Balaban J connectivity index is 1.99. The van der Waals surface area contributed by atoms with Crippen LogP contribution in [-0.2, 0) is 15.1 Å². The van der Waals surface area contributed by atoms with Gasteiger partial charge >= 0.3 is 6.09 Å². The predicted molar refractivity (Wildman–Crippen MR) is 96.7 cm³/mol. The van der Waals surface area contributed by atoms with Crippen molar-refractivity contribution < 1.29 is 14.3 Å². The number of likely N-dealkylation sites (N-methyl/N-ethyl adjacent to an activating group) is 1. The highest BCUT2D eigenvalue weighted by Gasteiger charge is 2.40. The number of rotatable bonds is 4. The van der Waals surface area contributed by atoms with E-state index in [0.29, 0.717) is 0 Å². The standard InChI is InChI=1S/C18H25BrN2O3/c1-17(2,3)24-16(23)21(4)12-15(22)20-18(9-6-10-18)13-7-5-8-14(19)11-13/h5,7-8,11H,6,9-10,12H2,1-4H3,(H,20,22). The second kappa shape index (κ2) is 7.13. The topological polar surface area (TPSA) is 58.6 Å². The van der Waals surface area contributed by atoms with Gasteiger partial charge < -0.3 is 15.0 Å². The number of benzene rings is 1. The number of nitrogens with zero attached hydrogens (tertiary/aromatic N) is 1. The molecule has 0 aromatic heterocycles. The van der Waals surface area contributed by atoms with E-state index in [2.05, 4.69) is 21.2 Å². The minimum absolute atomic E-state index is 0.0231. The summed E-state index contributed by atoms with van der Waals surface area (Å²) in [5.41, 5.74) is 0.194. The molecule has 1 N–H and O–H groups in total. The summed E-state index contributed by atoms with van der Waals surface area (Å²) < 4.78 is 6.26. The van der Waals surface area contributed by atoms with Crippen molar-refractivity contribution in [3.8, 4) is 0 Å². The van der Waals surface area contributed by atoms with Crippen LogP contribution < -0.4 is 5.32 Å². The van der Waals surface area contributed by atoms with E-state index in [1.807, 2.05) is 24.3 Å². The quantitative estimate of drug-likeness (QED) is 0.841. The molecule has 132 valence electrons. The first kappa shape index (κ1) is 18.8. The molecule has 0 bridgehead atoms. The van der Waals surface area contributed by atoms with Gasteiger partial charge in [0.25, 0.3) is 0 Å². The molecule has 0 aliphatic heterocycles. The van der Waals surface area contributed by atoms with Crippen molar-refractivity contribution in [2.45, 2.75) is 51.2 Å². The minimum Gasteiger partial charge on any atom is -0.444 e. The monoisotopic (exact) mass is 396 g/mol. The van der Waals surface area contributed by atoms with Gasteiger partial charge in [-0.15, -0.1) is 0 Å². The van der Waals surface area contributed by atoms with Crippen LogP contribution in [0.15, 0.2) is 28.7 Å². The SMILES string of the molecule is CN(CC(=O)NC1(c2cccc(Br)c2)CCC1)C(=O)OC(C)(C)C. The second-order valence-corrected chi connectivity index (χ2v) is 8.25. The molecule has 2 amide bonds. The molecule has 5 nitrogen and oxygen atoms in total. The Morgan fingerprint density at radius 1 is 1.33 bits per heavy atom. The second-order valence-electron chi connectivity index (χ2n) is 7.33. The van der Waals surface area contributed by atoms with Gasteiger partial charge in [-0.25, -0.2) is 4.79 Å². The van der Waals surface area contributed by atoms with E-state index in [0.717, 1.165) is 29.3 Å². The fourth-order valence-corrected chi connectivity index (χ4v) is 3.13. The average molecular weight is 397 g/mol. The van der Waals surface area contributed by atoms with E-state index >= 15 is 0 Å². The van der Waals surface area contributed by atoms with Gasteiger partial charge in [-0.3, -0.25) is 4.79 Å². The molecule has 6 heteroatoms. The Kier molecular flexibility index (Phi) is 5.58. The van der Waals surface area contributed by atoms with Crippen LogP contribution in [0.3, 0.4) is 0 Å². The van der Waals surface area contributed by atoms with Crippen LogP contribution in [0.2, 0.25) is 0 Å². The Labute approximate surface area is 151 Å². The Morgan fingerprint density at radius 2 is 2.00 bits per heavy atom. The minimum atomic E-state index is -0.576. The maximum atomic E-state index is 12.4. The number of carbonyl (C=O) groups excluding carboxylic acids is 2. The van der Waals surface area contributed by atoms with E-state index in [1.54, 1.807) is 27.8 Å². The van der Waals surface area contributed by atoms with Crippen molar-refractivity contribution >= 4 is 27.9 Å². The number of halogens is 1. The molecule has 1 aromatic rings. The van der Waals surface area contributed by atoms with Gasteiger partial charge in [-0.2, -0.15) is 0 Å². The Hall–Kier alpha value is -1.56. The number of nitrogens with one attached hydrogen (secondary N) is 1. The van der Waals surface area contributed by atoms with E-state index in [4.69, 9.17) is 4.74 Å². The average Bonchev–Trinajstić information content (AvgIpc) is 2.40. The van der Waals surface area contributed by atoms with Crippen LogP contribution in [0.1, 0.15) is 45.6 Å². The summed E-state index contributed by atoms with van der Waals surface area (Å²) in [6, 6.07) is 8.01. The first-order valence-corrected chi connectivity index (χ1v) is 8.92. The maximum absolute atomic E-state index is 12.4. The maximum Gasteiger partial charge on any atom is 0.410 e. The summed E-state index contributed by atoms with van der Waals surface area (Å²) in [5, 5.41) is 3.11. The lowest BCUT2D eigenvalue weighted by molar-refractivity contribution is -0.125. The highest BCUT2D eigenvalue weighted by molar-refractivity contribution is 9.10. The van der Waals surface area contributed by atoms with Gasteiger partial charge in [-0.05, 0) is 57.7 Å². The molecule has 0 heterocycles. The van der Waals surface area contributed by atoms with Crippen molar-refractivity contribution in [2.75, 3.05) is 13.6 Å². The zero-order chi connectivity index (χ0) is 18.0. The molecular weight excluding hydrogens is 372 g/mol. The first-order valence-electron chi connectivity index (χ1n) is 8.12. The number of hydrogen-bond donors (Lipinski definition) is 1. The molecule has 0 unspecified atom stereocenters. The molecule has 0 spiro atoms. The third-order valence-corrected chi connectivity index (χ3v) is 4.54. The molecule has 1 aliphatic rings. The first-order chi connectivity index (χ1) is 11.1. The molecular formula is C18H25BrN2O3. The van der Waals surface area contributed by atoms with E-state index < -0.39 is 11.7 Å². The van der Waals surface area contributed by atoms with Crippen LogP contribution >= 0.6 is 15.9 Å². The summed E-state index contributed by atoms with van der Waals surface area (Å²) in [4.78, 5) is 25.7. The molecule has 0 saturated heterocycles. The molecule has 24 heavy (non-hydrogen) atoms. The molecule has 1 saturated carbocycles. The van der Waals surface area contributed by atoms with Crippen molar-refractivity contribution in [1.29, 1.82) is 0 Å². The molecule has 1 fully saturated rings. The van der Waals surface area contributed by atoms with Gasteiger partial charge in [-0.1, -0.05) is 28.1 Å². The van der Waals surface area contributed by atoms with Crippen LogP contribution in [-0.4, -0.2) is 36.1 Å². The third-order valence-electron chi connectivity index (χ3n) is 4.05. The Morgan fingerprint density at radius 3 is 2.50 bits per heavy atom. The van der Waals surface area contributed by atoms with E-state index in [-0.39, 0.29) is 18.0 Å². The summed E-state index contributed by atoms with van der Waals surface area (Å²) in [5.74, 6) is -0.178. The smallest absolute Gasteiger partial charge is 0.410 e. The number of ether oxygens (including phenoxy) is 1. The van der Waals surface area contributed by atoms with Crippen molar-refractivity contribution in [3.05, 3.63) is 34.3 Å². The van der Waals surface area contributed by atoms with Gasteiger partial charge in [0.2, 0.25) is 5.91 Å². The van der Waals surface area contributed by atoms with Crippen LogP contribution in [0.5, 0.6) is 0 Å². The van der Waals surface area contributed by atoms with Crippen LogP contribution in [0, 0.1) is 0 Å². The number of amides is 2. The summed E-state index contributed by atoms with van der Waals surface area (Å²) in [6.45, 7) is 5.38. The molecule has 1 aromatic carbocycles. The number of hydrogen-bond acceptors (Lipinski definition) is 3. The van der Waals surface area contributed by atoms with Crippen molar-refractivity contribution in [2.24, 2.45) is 0 Å². The van der Waals surface area contributed by atoms with Crippen molar-refractivity contribution in [3.63, 3.8) is 0 Å². The van der Waals surface area contributed by atoms with E-state index in [1.165, 1.54) is 4.90 Å². The zero-order valence-electron chi connectivity index (χ0n) is 14.7. The lowest BCUT2D eigenvalue weighted by Gasteiger charge is -2.43. The lowest BCUT2D eigenvalue weighted by Crippen LogP contribution is -2.53. The van der Waals surface area contributed by atoms with E-state index in [9.17, 15) is 9.59 Å². The van der Waals surface area contributed by atoms with Crippen LogP contribution in [0.25, 0.3) is 0 Å². The highest BCUT2D eigenvalue weighted by Crippen LogP contribution is 2.41. The molecule has 1 aliphatic carbocycles. The van der Waals surface area contributed by atoms with Gasteiger partial charge in [0.15, 0.2) is 0 Å². The molecule has 0 radical (unpaired) electrons. The Bertz CT molecular complexity index is 621. The summed E-state index contributed by atoms with van der Waals surface area (Å²) in [7, 11) is 1.57. The largest absolute Gasteiger partial charge is 0.444 e. The third kappa shape index (κ3) is 4.72. The highest BCUT2D eigenvalue weighted by atomic mass is 79.9. The fourth-order valence-electron chi connectivity index (χ4n) is 2.73. The zero-order valence-corrected chi connectivity index (χ0v) is 16.3. The lowest BCUT2D eigenvalue weighted by atomic mass is 9.72. The molecule has 0 atom stereocenters. The molecule has 2 rings (SSSR count). The normalized spacial score (nSPS) is 16.0. The summed E-state index contributed by atoms with van der Waals surface area (Å²) in [6.07, 6.45) is 2.40. The van der Waals surface area contributed by atoms with Crippen molar-refractivity contribution in [1.82, 2.24) is 10.2 Å². The predicted octanol–water partition coefficient (Wildman–Crippen LogP) is 3.81.